The molecule has 3 nitrogen and oxygen atoms in total. The molecular formula is C52H32N2O. The fourth-order valence-electron chi connectivity index (χ4n) is 10.3. The van der Waals surface area contributed by atoms with Crippen LogP contribution in [0.1, 0.15) is 28.8 Å². The number of aromatic nitrogens is 1. The lowest BCUT2D eigenvalue weighted by molar-refractivity contribution is 0.573. The average molecular weight is 701 g/mol. The number of anilines is 2. The molecule has 0 saturated heterocycles. The molecule has 0 amide bonds. The maximum atomic E-state index is 6.62. The minimum atomic E-state index is -0.00722. The summed E-state index contributed by atoms with van der Waals surface area (Å²) in [6.07, 6.45) is 4.61. The van der Waals surface area contributed by atoms with Gasteiger partial charge in [-0.3, -0.25) is 0 Å². The summed E-state index contributed by atoms with van der Waals surface area (Å²) in [5.74, 6) is 1.07. The molecule has 13 rings (SSSR count). The van der Waals surface area contributed by atoms with E-state index in [0.717, 1.165) is 17.0 Å². The largest absolute Gasteiger partial charge is 0.456 e. The second kappa shape index (κ2) is 10.7. The van der Waals surface area contributed by atoms with Gasteiger partial charge < -0.3 is 13.9 Å². The van der Waals surface area contributed by atoms with Gasteiger partial charge in [-0.25, -0.2) is 0 Å². The molecule has 8 aromatic carbocycles. The van der Waals surface area contributed by atoms with Crippen molar-refractivity contribution in [3.63, 3.8) is 0 Å². The first-order chi connectivity index (χ1) is 27.3. The van der Waals surface area contributed by atoms with Crippen LogP contribution in [0.5, 0.6) is 0 Å². The van der Waals surface area contributed by atoms with Crippen LogP contribution in [0, 0.1) is 0 Å². The topological polar surface area (TPSA) is 21.3 Å². The predicted octanol–water partition coefficient (Wildman–Crippen LogP) is 14.0. The summed E-state index contributed by atoms with van der Waals surface area (Å²) in [7, 11) is 0. The number of benzene rings is 8. The van der Waals surface area contributed by atoms with Crippen LogP contribution in [0.25, 0.3) is 88.7 Å². The van der Waals surface area contributed by atoms with Crippen LogP contribution in [-0.2, 0) is 0 Å². The number of hydrogen-bond donors (Lipinski definition) is 0. The van der Waals surface area contributed by atoms with Gasteiger partial charge in [0.2, 0.25) is 0 Å². The molecule has 3 heterocycles. The Bertz CT molecular complexity index is 3260. The molecule has 0 N–H and O–H groups in total. The van der Waals surface area contributed by atoms with Crippen molar-refractivity contribution in [3.8, 4) is 39.1 Å². The van der Waals surface area contributed by atoms with E-state index in [1.807, 2.05) is 0 Å². The van der Waals surface area contributed by atoms with Gasteiger partial charge in [0.05, 0.1) is 22.8 Å². The van der Waals surface area contributed by atoms with Gasteiger partial charge in [-0.2, -0.15) is 0 Å². The van der Waals surface area contributed by atoms with Gasteiger partial charge >= 0.3 is 0 Å². The highest BCUT2D eigenvalue weighted by molar-refractivity contribution is 6.21. The molecule has 10 aromatic rings. The minimum absolute atomic E-state index is 0.00722. The molecule has 0 saturated carbocycles. The third-order valence-electron chi connectivity index (χ3n) is 12.5. The van der Waals surface area contributed by atoms with Gasteiger partial charge in [0.1, 0.15) is 11.3 Å². The maximum absolute atomic E-state index is 6.62. The van der Waals surface area contributed by atoms with Gasteiger partial charge in [-0.1, -0.05) is 146 Å². The zero-order valence-electron chi connectivity index (χ0n) is 29.8. The Labute approximate surface area is 317 Å². The number of fused-ring (bicyclic) bond motifs is 14. The van der Waals surface area contributed by atoms with Crippen LogP contribution in [0.3, 0.4) is 0 Å². The van der Waals surface area contributed by atoms with Crippen LogP contribution in [0.15, 0.2) is 180 Å². The van der Waals surface area contributed by atoms with Crippen molar-refractivity contribution in [2.24, 2.45) is 0 Å². The molecule has 0 bridgehead atoms. The van der Waals surface area contributed by atoms with Crippen molar-refractivity contribution < 1.29 is 4.42 Å². The zero-order valence-corrected chi connectivity index (χ0v) is 29.8. The van der Waals surface area contributed by atoms with Crippen molar-refractivity contribution in [2.45, 2.75) is 12.0 Å². The predicted molar refractivity (Wildman–Crippen MR) is 227 cm³/mol. The van der Waals surface area contributed by atoms with Crippen molar-refractivity contribution in [2.75, 3.05) is 4.90 Å². The zero-order chi connectivity index (χ0) is 35.8. The fourth-order valence-corrected chi connectivity index (χ4v) is 10.3. The molecule has 2 unspecified atom stereocenters. The molecule has 1 aliphatic heterocycles. The average Bonchev–Trinajstić information content (AvgIpc) is 3.99. The number of hydrogen-bond acceptors (Lipinski definition) is 2. The summed E-state index contributed by atoms with van der Waals surface area (Å²) in [6, 6.07) is 62.5. The van der Waals surface area contributed by atoms with Gasteiger partial charge in [-0.05, 0) is 80.7 Å². The molecular weight excluding hydrogens is 669 g/mol. The molecule has 0 spiro atoms. The van der Waals surface area contributed by atoms with Crippen LogP contribution in [0.2, 0.25) is 0 Å². The SMILES string of the molecule is C1=CC2c3ccc4c5ccccc5n(-c5cccc(-c6ccccc6)c5)c4c3N(c3ccc4c5c(cccc35)-c3ccccc3-4)C2c2c1oc1ccccc21. The van der Waals surface area contributed by atoms with Crippen molar-refractivity contribution in [1.29, 1.82) is 0 Å². The molecule has 3 aliphatic rings. The van der Waals surface area contributed by atoms with E-state index < -0.39 is 0 Å². The Morgan fingerprint density at radius 1 is 0.509 bits per heavy atom. The van der Waals surface area contributed by atoms with E-state index in [-0.39, 0.29) is 12.0 Å². The standard InChI is InChI=1S/C52H32N2O/c1-2-12-31(13-3-1)32-14-10-15-33(30-32)53-44-22-8-6-18-36(44)39-24-25-41-40-27-29-47-49(43-19-7-9-23-46(43)55-47)50(40)54(52(41)51(39)53)45-28-26-38-35-17-5-4-16-34(35)37-20-11-21-42(45)48(37)38/h1-30,40,50H. The lowest BCUT2D eigenvalue weighted by Crippen LogP contribution is -2.24. The Balaban J connectivity index is 1.16. The monoisotopic (exact) mass is 700 g/mol. The number of para-hydroxylation sites is 2. The third-order valence-corrected chi connectivity index (χ3v) is 12.5. The van der Waals surface area contributed by atoms with E-state index in [4.69, 9.17) is 4.42 Å². The molecule has 2 aliphatic carbocycles. The van der Waals surface area contributed by atoms with Gasteiger partial charge in [0, 0.05) is 44.4 Å². The maximum Gasteiger partial charge on any atom is 0.135 e. The summed E-state index contributed by atoms with van der Waals surface area (Å²) in [6.45, 7) is 0. The minimum Gasteiger partial charge on any atom is -0.456 e. The van der Waals surface area contributed by atoms with Crippen molar-refractivity contribution in [3.05, 3.63) is 193 Å². The molecule has 3 heteroatoms. The summed E-state index contributed by atoms with van der Waals surface area (Å²) in [5, 5.41) is 6.29. The van der Waals surface area contributed by atoms with Crippen LogP contribution >= 0.6 is 0 Å². The highest BCUT2D eigenvalue weighted by Gasteiger charge is 2.46. The smallest absolute Gasteiger partial charge is 0.135 e. The van der Waals surface area contributed by atoms with Crippen molar-refractivity contribution in [1.82, 2.24) is 4.57 Å². The summed E-state index contributed by atoms with van der Waals surface area (Å²) in [4.78, 5) is 2.69. The van der Waals surface area contributed by atoms with Gasteiger partial charge in [-0.15, -0.1) is 0 Å². The highest BCUT2D eigenvalue weighted by atomic mass is 16.3. The fraction of sp³-hybridized carbons (Fsp3) is 0.0385. The lowest BCUT2D eigenvalue weighted by atomic mass is 9.84. The Morgan fingerprint density at radius 2 is 1.22 bits per heavy atom. The quantitative estimate of drug-likeness (QED) is 0.183. The molecule has 256 valence electrons. The van der Waals surface area contributed by atoms with E-state index in [0.29, 0.717) is 0 Å². The Kier molecular flexibility index (Phi) is 5.74. The Hall–Kier alpha value is -7.10. The number of furan rings is 1. The second-order valence-electron chi connectivity index (χ2n) is 15.2. The van der Waals surface area contributed by atoms with Crippen LogP contribution in [0.4, 0.5) is 11.4 Å². The molecule has 55 heavy (non-hydrogen) atoms. The Morgan fingerprint density at radius 3 is 2.11 bits per heavy atom. The summed E-state index contributed by atoms with van der Waals surface area (Å²) in [5.41, 5.74) is 17.2. The molecule has 2 atom stereocenters. The number of rotatable bonds is 3. The second-order valence-corrected chi connectivity index (χ2v) is 15.2. The molecule has 2 aromatic heterocycles. The first-order valence-corrected chi connectivity index (χ1v) is 19.2. The van der Waals surface area contributed by atoms with Gasteiger partial charge in [0.25, 0.3) is 0 Å². The van der Waals surface area contributed by atoms with Crippen molar-refractivity contribution >= 4 is 61.0 Å². The number of nitrogens with zero attached hydrogens (tertiary/aromatic N) is 2. The molecule has 0 radical (unpaired) electrons. The summed E-state index contributed by atoms with van der Waals surface area (Å²) < 4.78 is 9.15. The van der Waals surface area contributed by atoms with Gasteiger partial charge in [0.15, 0.2) is 0 Å². The molecule has 0 fully saturated rings. The van der Waals surface area contributed by atoms with Crippen LogP contribution < -0.4 is 4.90 Å². The van der Waals surface area contributed by atoms with E-state index in [1.165, 1.54) is 93.8 Å². The lowest BCUT2D eigenvalue weighted by Gasteiger charge is -2.33. The summed E-state index contributed by atoms with van der Waals surface area (Å²) >= 11 is 0. The van der Waals surface area contributed by atoms with Crippen LogP contribution in [-0.4, -0.2) is 4.57 Å². The normalized spacial score (nSPS) is 16.3. The van der Waals surface area contributed by atoms with E-state index in [9.17, 15) is 0 Å². The highest BCUT2D eigenvalue weighted by Crippen LogP contribution is 2.62. The van der Waals surface area contributed by atoms with E-state index >= 15 is 0 Å². The first-order valence-electron chi connectivity index (χ1n) is 19.2. The third kappa shape index (κ3) is 3.84. The van der Waals surface area contributed by atoms with E-state index in [2.05, 4.69) is 191 Å². The van der Waals surface area contributed by atoms with E-state index in [1.54, 1.807) is 0 Å². The first kappa shape index (κ1) is 29.4.